The van der Waals surface area contributed by atoms with E-state index in [9.17, 15) is 0 Å². The van der Waals surface area contributed by atoms with E-state index in [1.54, 1.807) is 0 Å². The zero-order chi connectivity index (χ0) is 16.6. The van der Waals surface area contributed by atoms with Crippen LogP contribution in [0.5, 0.6) is 0 Å². The van der Waals surface area contributed by atoms with Gasteiger partial charge in [0.2, 0.25) is 0 Å². The SMILES string of the molecule is c1n[nH]cc1-c1nc(N2CCCCCC2)c2c3c(sc2n1)CCCC3. The lowest BCUT2D eigenvalue weighted by molar-refractivity contribution is 0.699. The van der Waals surface area contributed by atoms with Gasteiger partial charge in [-0.25, -0.2) is 9.97 Å². The Kier molecular flexibility index (Phi) is 3.93. The molecule has 3 aromatic heterocycles. The molecule has 3 aromatic rings. The van der Waals surface area contributed by atoms with Crippen molar-refractivity contribution in [2.45, 2.75) is 51.4 Å². The Hall–Kier alpha value is -1.95. The van der Waals surface area contributed by atoms with E-state index in [-0.39, 0.29) is 0 Å². The first kappa shape index (κ1) is 15.3. The molecule has 4 heterocycles. The number of fused-ring (bicyclic) bond motifs is 3. The summed E-state index contributed by atoms with van der Waals surface area (Å²) >= 11 is 1.89. The molecule has 1 fully saturated rings. The molecule has 5 rings (SSSR count). The second-order valence-corrected chi connectivity index (χ2v) is 8.23. The molecule has 1 aliphatic carbocycles. The van der Waals surface area contributed by atoms with Crippen molar-refractivity contribution in [1.82, 2.24) is 20.2 Å². The minimum absolute atomic E-state index is 0.805. The standard InChI is InChI=1S/C19H23N5S/c1-2-6-10-24(9-5-1)18-16-14-7-3-4-8-15(14)25-19(16)23-17(22-18)13-11-20-21-12-13/h11-12H,1-10H2,(H,20,21). The molecule has 1 saturated heterocycles. The van der Waals surface area contributed by atoms with Crippen LogP contribution >= 0.6 is 11.3 Å². The van der Waals surface area contributed by atoms with Gasteiger partial charge >= 0.3 is 0 Å². The second kappa shape index (κ2) is 6.41. The number of aromatic amines is 1. The Morgan fingerprint density at radius 2 is 1.80 bits per heavy atom. The Balaban J connectivity index is 1.72. The highest BCUT2D eigenvalue weighted by Gasteiger charge is 2.24. The second-order valence-electron chi connectivity index (χ2n) is 7.15. The van der Waals surface area contributed by atoms with Gasteiger partial charge in [0, 0.05) is 24.2 Å². The molecule has 25 heavy (non-hydrogen) atoms. The van der Waals surface area contributed by atoms with Crippen LogP contribution in [-0.4, -0.2) is 33.3 Å². The lowest BCUT2D eigenvalue weighted by Crippen LogP contribution is -2.25. The highest BCUT2D eigenvalue weighted by atomic mass is 32.1. The average Bonchev–Trinajstić information content (AvgIpc) is 3.22. The molecule has 0 unspecified atom stereocenters. The van der Waals surface area contributed by atoms with Gasteiger partial charge in [-0.05, 0) is 44.1 Å². The smallest absolute Gasteiger partial charge is 0.166 e. The van der Waals surface area contributed by atoms with E-state index in [1.807, 2.05) is 23.7 Å². The molecule has 6 heteroatoms. The van der Waals surface area contributed by atoms with E-state index >= 15 is 0 Å². The molecule has 5 nitrogen and oxygen atoms in total. The number of hydrogen-bond acceptors (Lipinski definition) is 5. The number of aryl methyl sites for hydroxylation is 2. The van der Waals surface area contributed by atoms with Gasteiger partial charge in [-0.1, -0.05) is 12.8 Å². The quantitative estimate of drug-likeness (QED) is 0.744. The first-order chi connectivity index (χ1) is 12.4. The van der Waals surface area contributed by atoms with Crippen molar-refractivity contribution in [1.29, 1.82) is 0 Å². The third kappa shape index (κ3) is 2.72. The van der Waals surface area contributed by atoms with E-state index in [0.29, 0.717) is 0 Å². The molecule has 2 aliphatic rings. The van der Waals surface area contributed by atoms with Gasteiger partial charge in [0.1, 0.15) is 10.6 Å². The molecule has 1 aliphatic heterocycles. The first-order valence-electron chi connectivity index (χ1n) is 9.46. The summed E-state index contributed by atoms with van der Waals surface area (Å²) in [5, 5.41) is 8.32. The average molecular weight is 353 g/mol. The van der Waals surface area contributed by atoms with Crippen LogP contribution in [0, 0.1) is 0 Å². The first-order valence-corrected chi connectivity index (χ1v) is 10.3. The van der Waals surface area contributed by atoms with Crippen LogP contribution in [0.2, 0.25) is 0 Å². The van der Waals surface area contributed by atoms with Crippen LogP contribution in [0.1, 0.15) is 49.0 Å². The fraction of sp³-hybridized carbons (Fsp3) is 0.526. The molecule has 0 amide bonds. The van der Waals surface area contributed by atoms with Crippen LogP contribution < -0.4 is 4.90 Å². The van der Waals surface area contributed by atoms with Gasteiger partial charge in [0.05, 0.1) is 17.1 Å². The van der Waals surface area contributed by atoms with E-state index in [4.69, 9.17) is 9.97 Å². The van der Waals surface area contributed by atoms with Crippen molar-refractivity contribution in [2.75, 3.05) is 18.0 Å². The fourth-order valence-electron chi connectivity index (χ4n) is 4.15. The summed E-state index contributed by atoms with van der Waals surface area (Å²) in [6.07, 6.45) is 13.9. The van der Waals surface area contributed by atoms with Gasteiger partial charge in [-0.15, -0.1) is 11.3 Å². The number of anilines is 1. The zero-order valence-corrected chi connectivity index (χ0v) is 15.2. The zero-order valence-electron chi connectivity index (χ0n) is 14.4. The number of H-pyrrole nitrogens is 1. The maximum absolute atomic E-state index is 5.05. The largest absolute Gasteiger partial charge is 0.356 e. The summed E-state index contributed by atoms with van der Waals surface area (Å²) in [4.78, 5) is 15.2. The summed E-state index contributed by atoms with van der Waals surface area (Å²) in [5.41, 5.74) is 2.51. The van der Waals surface area contributed by atoms with E-state index in [2.05, 4.69) is 15.1 Å². The molecule has 130 valence electrons. The highest BCUT2D eigenvalue weighted by molar-refractivity contribution is 7.19. The third-order valence-corrected chi connectivity index (χ3v) is 6.64. The fourth-order valence-corrected chi connectivity index (χ4v) is 5.41. The Morgan fingerprint density at radius 3 is 2.60 bits per heavy atom. The number of rotatable bonds is 2. The normalized spacial score (nSPS) is 18.3. The van der Waals surface area contributed by atoms with E-state index in [0.717, 1.165) is 29.3 Å². The molecule has 0 bridgehead atoms. The Morgan fingerprint density at radius 1 is 0.960 bits per heavy atom. The number of thiophene rings is 1. The molecule has 0 radical (unpaired) electrons. The van der Waals surface area contributed by atoms with Crippen LogP contribution in [0.15, 0.2) is 12.4 Å². The summed E-state index contributed by atoms with van der Waals surface area (Å²) in [7, 11) is 0. The van der Waals surface area contributed by atoms with Gasteiger partial charge in [0.25, 0.3) is 0 Å². The monoisotopic (exact) mass is 353 g/mol. The molecular weight excluding hydrogens is 330 g/mol. The highest BCUT2D eigenvalue weighted by Crippen LogP contribution is 2.41. The molecule has 0 spiro atoms. The number of hydrogen-bond donors (Lipinski definition) is 1. The molecule has 1 N–H and O–H groups in total. The van der Waals surface area contributed by atoms with Gasteiger partial charge in [-0.3, -0.25) is 5.10 Å². The van der Waals surface area contributed by atoms with Gasteiger partial charge < -0.3 is 4.90 Å². The van der Waals surface area contributed by atoms with Crippen molar-refractivity contribution in [3.63, 3.8) is 0 Å². The van der Waals surface area contributed by atoms with Crippen molar-refractivity contribution in [3.05, 3.63) is 22.8 Å². The number of aromatic nitrogens is 4. The predicted octanol–water partition coefficient (Wildman–Crippen LogP) is 4.34. The van der Waals surface area contributed by atoms with Crippen molar-refractivity contribution in [2.24, 2.45) is 0 Å². The molecule has 0 aromatic carbocycles. The third-order valence-electron chi connectivity index (χ3n) is 5.46. The van der Waals surface area contributed by atoms with Crippen LogP contribution in [0.25, 0.3) is 21.6 Å². The lowest BCUT2D eigenvalue weighted by Gasteiger charge is -2.23. The Labute approximate surface area is 151 Å². The van der Waals surface area contributed by atoms with E-state index in [1.165, 1.54) is 73.0 Å². The molecule has 0 saturated carbocycles. The predicted molar refractivity (Wildman–Crippen MR) is 102 cm³/mol. The Bertz CT molecular complexity index is 875. The van der Waals surface area contributed by atoms with Crippen LogP contribution in [0.4, 0.5) is 5.82 Å². The van der Waals surface area contributed by atoms with Gasteiger partial charge in [-0.2, -0.15) is 5.10 Å². The molecule has 0 atom stereocenters. The minimum atomic E-state index is 0.805. The number of nitrogens with zero attached hydrogens (tertiary/aromatic N) is 4. The van der Waals surface area contributed by atoms with Crippen molar-refractivity contribution >= 4 is 27.4 Å². The maximum Gasteiger partial charge on any atom is 0.166 e. The van der Waals surface area contributed by atoms with E-state index < -0.39 is 0 Å². The summed E-state index contributed by atoms with van der Waals surface area (Å²) in [6.45, 7) is 2.23. The van der Waals surface area contributed by atoms with Crippen molar-refractivity contribution < 1.29 is 0 Å². The summed E-state index contributed by atoms with van der Waals surface area (Å²) < 4.78 is 0. The summed E-state index contributed by atoms with van der Waals surface area (Å²) in [5.74, 6) is 1.97. The van der Waals surface area contributed by atoms with Gasteiger partial charge in [0.15, 0.2) is 5.82 Å². The molecular formula is C19H23N5S. The van der Waals surface area contributed by atoms with Crippen molar-refractivity contribution in [3.8, 4) is 11.4 Å². The topological polar surface area (TPSA) is 57.7 Å². The maximum atomic E-state index is 5.05. The van der Waals surface area contributed by atoms with Crippen LogP contribution in [0.3, 0.4) is 0 Å². The summed E-state index contributed by atoms with van der Waals surface area (Å²) in [6, 6.07) is 0. The minimum Gasteiger partial charge on any atom is -0.356 e. The van der Waals surface area contributed by atoms with Crippen LogP contribution in [-0.2, 0) is 12.8 Å². The lowest BCUT2D eigenvalue weighted by atomic mass is 9.97. The number of nitrogens with one attached hydrogen (secondary N) is 1.